The molecular weight excluding hydrogens is 338 g/mol. The van der Waals surface area contributed by atoms with Crippen LogP contribution in [0.5, 0.6) is 5.75 Å². The Hall–Kier alpha value is -2.80. The lowest BCUT2D eigenvalue weighted by Crippen LogP contribution is -2.03. The number of rotatable bonds is 4. The molecule has 1 heterocycles. The summed E-state index contributed by atoms with van der Waals surface area (Å²) in [5, 5.41) is 13.2. The summed E-state index contributed by atoms with van der Waals surface area (Å²) >= 11 is 0. The Morgan fingerprint density at radius 2 is 1.92 bits per heavy atom. The van der Waals surface area contributed by atoms with Gasteiger partial charge in [-0.05, 0) is 42.8 Å². The summed E-state index contributed by atoms with van der Waals surface area (Å²) in [7, 11) is -1.55. The zero-order valence-electron chi connectivity index (χ0n) is 14.2. The van der Waals surface area contributed by atoms with Gasteiger partial charge in [0, 0.05) is 25.1 Å². The van der Waals surface area contributed by atoms with E-state index in [0.717, 1.165) is 11.3 Å². The molecule has 2 N–H and O–H groups in total. The smallest absolute Gasteiger partial charge is 0.175 e. The largest absolute Gasteiger partial charge is 0.507 e. The first-order chi connectivity index (χ1) is 11.8. The fourth-order valence-corrected chi connectivity index (χ4v) is 3.26. The van der Waals surface area contributed by atoms with Gasteiger partial charge in [0.15, 0.2) is 9.84 Å². The third-order valence-electron chi connectivity index (χ3n) is 3.96. The van der Waals surface area contributed by atoms with Crippen LogP contribution in [0.2, 0.25) is 0 Å². The lowest BCUT2D eigenvalue weighted by atomic mass is 10.1. The Bertz CT molecular complexity index is 1040. The highest BCUT2D eigenvalue weighted by molar-refractivity contribution is 7.90. The summed E-state index contributed by atoms with van der Waals surface area (Å²) in [6.45, 7) is 1.90. The van der Waals surface area contributed by atoms with Gasteiger partial charge in [-0.3, -0.25) is 0 Å². The maximum absolute atomic E-state index is 11.8. The number of sulfone groups is 1. The van der Waals surface area contributed by atoms with Gasteiger partial charge < -0.3 is 15.0 Å². The van der Waals surface area contributed by atoms with E-state index in [1.54, 1.807) is 48.4 Å². The number of anilines is 1. The minimum absolute atomic E-state index is 0.156. The number of hydrogen-bond donors (Lipinski definition) is 2. The molecule has 1 aromatic heterocycles. The SMILES string of the molecule is CNc1ccc(S(C)(=O)=O)cc1-n1cnc(-c2ccc(C)cc2O)c1. The molecular formula is C18H19N3O3S. The highest BCUT2D eigenvalue weighted by Crippen LogP contribution is 2.30. The monoisotopic (exact) mass is 357 g/mol. The molecule has 0 saturated carbocycles. The maximum Gasteiger partial charge on any atom is 0.175 e. The summed E-state index contributed by atoms with van der Waals surface area (Å²) in [6.07, 6.45) is 4.53. The van der Waals surface area contributed by atoms with E-state index in [1.807, 2.05) is 19.1 Å². The van der Waals surface area contributed by atoms with Gasteiger partial charge in [0.05, 0.1) is 28.3 Å². The van der Waals surface area contributed by atoms with Crippen molar-refractivity contribution in [2.45, 2.75) is 11.8 Å². The molecule has 0 aliphatic carbocycles. The summed E-state index contributed by atoms with van der Waals surface area (Å²) in [5.41, 5.74) is 3.61. The number of phenols is 1. The highest BCUT2D eigenvalue weighted by atomic mass is 32.2. The second-order valence-electron chi connectivity index (χ2n) is 5.89. The second kappa shape index (κ2) is 6.25. The molecule has 0 saturated heterocycles. The molecule has 3 aromatic rings. The van der Waals surface area contributed by atoms with Gasteiger partial charge >= 0.3 is 0 Å². The number of hydrogen-bond acceptors (Lipinski definition) is 5. The van der Waals surface area contributed by atoms with Crippen molar-refractivity contribution >= 4 is 15.5 Å². The molecule has 0 radical (unpaired) electrons. The van der Waals surface area contributed by atoms with Crippen molar-refractivity contribution in [1.29, 1.82) is 0 Å². The first-order valence-corrected chi connectivity index (χ1v) is 9.55. The Morgan fingerprint density at radius 1 is 1.16 bits per heavy atom. The molecule has 25 heavy (non-hydrogen) atoms. The molecule has 3 rings (SSSR count). The molecule has 0 fully saturated rings. The predicted octanol–water partition coefficient (Wildman–Crippen LogP) is 3.00. The van der Waals surface area contributed by atoms with Crippen molar-refractivity contribution in [3.8, 4) is 22.7 Å². The van der Waals surface area contributed by atoms with Crippen LogP contribution in [-0.2, 0) is 9.84 Å². The van der Waals surface area contributed by atoms with E-state index in [1.165, 1.54) is 6.26 Å². The van der Waals surface area contributed by atoms with Crippen LogP contribution in [0.3, 0.4) is 0 Å². The van der Waals surface area contributed by atoms with Crippen molar-refractivity contribution in [2.75, 3.05) is 18.6 Å². The molecule has 0 bridgehead atoms. The zero-order valence-corrected chi connectivity index (χ0v) is 15.0. The van der Waals surface area contributed by atoms with E-state index in [2.05, 4.69) is 10.3 Å². The molecule has 0 aliphatic rings. The average Bonchev–Trinajstić information content (AvgIpc) is 3.03. The van der Waals surface area contributed by atoms with Crippen LogP contribution in [0, 0.1) is 6.92 Å². The van der Waals surface area contributed by atoms with Gasteiger partial charge in [0.1, 0.15) is 5.75 Å². The molecule has 6 nitrogen and oxygen atoms in total. The van der Waals surface area contributed by atoms with Crippen molar-refractivity contribution < 1.29 is 13.5 Å². The van der Waals surface area contributed by atoms with Crippen LogP contribution >= 0.6 is 0 Å². The Balaban J connectivity index is 2.10. The van der Waals surface area contributed by atoms with Crippen molar-refractivity contribution in [3.63, 3.8) is 0 Å². The van der Waals surface area contributed by atoms with Crippen molar-refractivity contribution in [3.05, 3.63) is 54.5 Å². The minimum atomic E-state index is -3.32. The second-order valence-corrected chi connectivity index (χ2v) is 7.90. The average molecular weight is 357 g/mol. The third-order valence-corrected chi connectivity index (χ3v) is 5.07. The predicted molar refractivity (Wildman–Crippen MR) is 98.1 cm³/mol. The number of aromatic hydroxyl groups is 1. The van der Waals surface area contributed by atoms with Gasteiger partial charge in [0.2, 0.25) is 0 Å². The molecule has 0 unspecified atom stereocenters. The number of aromatic nitrogens is 2. The molecule has 2 aromatic carbocycles. The molecule has 0 atom stereocenters. The summed E-state index contributed by atoms with van der Waals surface area (Å²) < 4.78 is 25.4. The Labute approximate surface area is 146 Å². The number of aryl methyl sites for hydroxylation is 1. The van der Waals surface area contributed by atoms with Gasteiger partial charge in [-0.15, -0.1) is 0 Å². The number of nitrogens with zero attached hydrogens (tertiary/aromatic N) is 2. The number of phenolic OH excluding ortho intramolecular Hbond substituents is 1. The van der Waals surface area contributed by atoms with Crippen LogP contribution in [0.25, 0.3) is 16.9 Å². The molecule has 7 heteroatoms. The minimum Gasteiger partial charge on any atom is -0.507 e. The van der Waals surface area contributed by atoms with Gasteiger partial charge in [-0.2, -0.15) is 0 Å². The van der Waals surface area contributed by atoms with Crippen LogP contribution in [0.4, 0.5) is 5.69 Å². The number of nitrogens with one attached hydrogen (secondary N) is 1. The molecule has 0 amide bonds. The third kappa shape index (κ3) is 3.36. The van der Waals surface area contributed by atoms with E-state index in [-0.39, 0.29) is 10.6 Å². The van der Waals surface area contributed by atoms with Crippen LogP contribution in [0.15, 0.2) is 53.8 Å². The first-order valence-electron chi connectivity index (χ1n) is 7.66. The van der Waals surface area contributed by atoms with Gasteiger partial charge in [0.25, 0.3) is 0 Å². The van der Waals surface area contributed by atoms with E-state index < -0.39 is 9.84 Å². The fourth-order valence-electron chi connectivity index (χ4n) is 2.62. The van der Waals surface area contributed by atoms with E-state index in [9.17, 15) is 13.5 Å². The van der Waals surface area contributed by atoms with E-state index >= 15 is 0 Å². The van der Waals surface area contributed by atoms with Gasteiger partial charge in [-0.1, -0.05) is 6.07 Å². The number of benzene rings is 2. The zero-order chi connectivity index (χ0) is 18.2. The topological polar surface area (TPSA) is 84.2 Å². The first kappa shape index (κ1) is 17.0. The quantitative estimate of drug-likeness (QED) is 0.750. The normalized spacial score (nSPS) is 11.5. The standard InChI is InChI=1S/C18H19N3O3S/c1-12-4-6-14(18(22)8-12)16-10-21(11-20-16)17-9-13(25(3,23)24)5-7-15(17)19-2/h4-11,19,22H,1-3H3. The van der Waals surface area contributed by atoms with E-state index in [0.29, 0.717) is 16.9 Å². The Kier molecular flexibility index (Phi) is 4.26. The summed E-state index contributed by atoms with van der Waals surface area (Å²) in [6, 6.07) is 10.3. The summed E-state index contributed by atoms with van der Waals surface area (Å²) in [4.78, 5) is 4.58. The number of imidazole rings is 1. The molecule has 130 valence electrons. The molecule has 0 aliphatic heterocycles. The van der Waals surface area contributed by atoms with Crippen LogP contribution in [0.1, 0.15) is 5.56 Å². The lowest BCUT2D eigenvalue weighted by molar-refractivity contribution is 0.476. The van der Waals surface area contributed by atoms with Crippen molar-refractivity contribution in [2.24, 2.45) is 0 Å². The maximum atomic E-state index is 11.8. The van der Waals surface area contributed by atoms with Crippen LogP contribution < -0.4 is 5.32 Å². The summed E-state index contributed by atoms with van der Waals surface area (Å²) in [5.74, 6) is 0.156. The highest BCUT2D eigenvalue weighted by Gasteiger charge is 2.14. The van der Waals surface area contributed by atoms with E-state index in [4.69, 9.17) is 0 Å². The Morgan fingerprint density at radius 3 is 2.56 bits per heavy atom. The molecule has 0 spiro atoms. The lowest BCUT2D eigenvalue weighted by Gasteiger charge is -2.11. The van der Waals surface area contributed by atoms with Gasteiger partial charge in [-0.25, -0.2) is 13.4 Å². The van der Waals surface area contributed by atoms with Crippen molar-refractivity contribution in [1.82, 2.24) is 9.55 Å². The fraction of sp³-hybridized carbons (Fsp3) is 0.167. The van der Waals surface area contributed by atoms with Crippen LogP contribution in [-0.4, -0.2) is 36.4 Å².